The number of hydrogen-bond donors (Lipinski definition) is 1. The zero-order valence-electron chi connectivity index (χ0n) is 11.9. The summed E-state index contributed by atoms with van der Waals surface area (Å²) in [4.78, 5) is 2.29. The highest BCUT2D eigenvalue weighted by Crippen LogP contribution is 2.37. The Morgan fingerprint density at radius 2 is 2.20 bits per heavy atom. The molecule has 0 bridgehead atoms. The van der Waals surface area contributed by atoms with Crippen molar-refractivity contribution in [2.45, 2.75) is 12.6 Å². The maximum absolute atomic E-state index is 6.39. The fraction of sp³-hybridized carbons (Fsp3) is 0.571. The van der Waals surface area contributed by atoms with Gasteiger partial charge < -0.3 is 19.9 Å². The van der Waals surface area contributed by atoms with Crippen molar-refractivity contribution in [3.8, 4) is 11.5 Å². The molecule has 0 radical (unpaired) electrons. The summed E-state index contributed by atoms with van der Waals surface area (Å²) in [5.74, 6) is 1.22. The molecule has 0 saturated carbocycles. The zero-order chi connectivity index (χ0) is 14.5. The standard InChI is InChI=1S/C14H21ClN2O3/c1-18-12-4-3-10(13(15)14(12)19-2)8-17-5-6-20-11(7-16)9-17/h3-4,11H,5-9,16H2,1-2H3. The quantitative estimate of drug-likeness (QED) is 0.893. The first-order chi connectivity index (χ1) is 9.69. The van der Waals surface area contributed by atoms with Crippen molar-refractivity contribution in [3.05, 3.63) is 22.7 Å². The first-order valence-electron chi connectivity index (χ1n) is 6.63. The van der Waals surface area contributed by atoms with Crippen molar-refractivity contribution in [1.82, 2.24) is 4.90 Å². The Morgan fingerprint density at radius 3 is 2.85 bits per heavy atom. The molecule has 112 valence electrons. The highest BCUT2D eigenvalue weighted by atomic mass is 35.5. The van der Waals surface area contributed by atoms with Gasteiger partial charge in [-0.15, -0.1) is 0 Å². The van der Waals surface area contributed by atoms with Crippen molar-refractivity contribution < 1.29 is 14.2 Å². The fourth-order valence-corrected chi connectivity index (χ4v) is 2.65. The molecule has 0 aliphatic carbocycles. The first kappa shape index (κ1) is 15.4. The van der Waals surface area contributed by atoms with Gasteiger partial charge in [0.05, 0.1) is 32.0 Å². The second-order valence-corrected chi connectivity index (χ2v) is 5.12. The van der Waals surface area contributed by atoms with Crippen LogP contribution in [0.1, 0.15) is 5.56 Å². The van der Waals surface area contributed by atoms with E-state index in [0.29, 0.717) is 29.7 Å². The number of benzene rings is 1. The van der Waals surface area contributed by atoms with Crippen molar-refractivity contribution in [3.63, 3.8) is 0 Å². The minimum Gasteiger partial charge on any atom is -0.493 e. The molecule has 5 nitrogen and oxygen atoms in total. The lowest BCUT2D eigenvalue weighted by Gasteiger charge is -2.32. The van der Waals surface area contributed by atoms with Gasteiger partial charge in [0.1, 0.15) is 0 Å². The third-order valence-corrected chi connectivity index (χ3v) is 3.86. The summed E-state index contributed by atoms with van der Waals surface area (Å²) < 4.78 is 16.1. The summed E-state index contributed by atoms with van der Waals surface area (Å²) in [5.41, 5.74) is 6.67. The Morgan fingerprint density at radius 1 is 1.40 bits per heavy atom. The molecule has 6 heteroatoms. The minimum absolute atomic E-state index is 0.0997. The second kappa shape index (κ2) is 7.13. The summed E-state index contributed by atoms with van der Waals surface area (Å²) in [6.07, 6.45) is 0.0997. The summed E-state index contributed by atoms with van der Waals surface area (Å²) in [6.45, 7) is 3.68. The van der Waals surface area contributed by atoms with Crippen molar-refractivity contribution in [2.75, 3.05) is 40.5 Å². The lowest BCUT2D eigenvalue weighted by atomic mass is 10.1. The second-order valence-electron chi connectivity index (χ2n) is 4.74. The van der Waals surface area contributed by atoms with Gasteiger partial charge in [-0.2, -0.15) is 0 Å². The van der Waals surface area contributed by atoms with E-state index in [1.54, 1.807) is 14.2 Å². The lowest BCUT2D eigenvalue weighted by molar-refractivity contribution is -0.0260. The molecule has 1 unspecified atom stereocenters. The number of ether oxygens (including phenoxy) is 3. The van der Waals surface area contributed by atoms with E-state index in [1.807, 2.05) is 12.1 Å². The number of hydrogen-bond acceptors (Lipinski definition) is 5. The van der Waals surface area contributed by atoms with E-state index in [9.17, 15) is 0 Å². The molecule has 1 heterocycles. The van der Waals surface area contributed by atoms with E-state index in [-0.39, 0.29) is 6.10 Å². The molecule has 2 rings (SSSR count). The molecule has 1 aliphatic heterocycles. The maximum atomic E-state index is 6.39. The van der Waals surface area contributed by atoms with Crippen LogP contribution in [-0.2, 0) is 11.3 Å². The number of morpholine rings is 1. The van der Waals surface area contributed by atoms with Crippen LogP contribution in [0.15, 0.2) is 12.1 Å². The van der Waals surface area contributed by atoms with Crippen LogP contribution >= 0.6 is 11.6 Å². The van der Waals surface area contributed by atoms with Gasteiger partial charge in [0.2, 0.25) is 0 Å². The van der Waals surface area contributed by atoms with Crippen LogP contribution in [0.4, 0.5) is 0 Å². The maximum Gasteiger partial charge on any atom is 0.179 e. The van der Waals surface area contributed by atoms with Crippen LogP contribution in [0.2, 0.25) is 5.02 Å². The van der Waals surface area contributed by atoms with Crippen LogP contribution < -0.4 is 15.2 Å². The third-order valence-electron chi connectivity index (χ3n) is 3.44. The smallest absolute Gasteiger partial charge is 0.179 e. The highest BCUT2D eigenvalue weighted by molar-refractivity contribution is 6.33. The monoisotopic (exact) mass is 300 g/mol. The van der Waals surface area contributed by atoms with Crippen LogP contribution in [0.5, 0.6) is 11.5 Å². The van der Waals surface area contributed by atoms with Gasteiger partial charge in [0.15, 0.2) is 11.5 Å². The molecule has 1 aromatic carbocycles. The van der Waals surface area contributed by atoms with E-state index >= 15 is 0 Å². The van der Waals surface area contributed by atoms with Gasteiger partial charge >= 0.3 is 0 Å². The number of nitrogens with zero attached hydrogens (tertiary/aromatic N) is 1. The van der Waals surface area contributed by atoms with Crippen LogP contribution in [0, 0.1) is 0 Å². The average molecular weight is 301 g/mol. The van der Waals surface area contributed by atoms with Gasteiger partial charge in [-0.3, -0.25) is 4.90 Å². The Kier molecular flexibility index (Phi) is 5.48. The summed E-state index contributed by atoms with van der Waals surface area (Å²) in [5, 5.41) is 0.600. The van der Waals surface area contributed by atoms with Crippen molar-refractivity contribution >= 4 is 11.6 Å². The van der Waals surface area contributed by atoms with Crippen LogP contribution in [-0.4, -0.2) is 51.5 Å². The van der Waals surface area contributed by atoms with Gasteiger partial charge in [-0.25, -0.2) is 0 Å². The van der Waals surface area contributed by atoms with E-state index in [0.717, 1.165) is 25.2 Å². The highest BCUT2D eigenvalue weighted by Gasteiger charge is 2.21. The molecular weight excluding hydrogens is 280 g/mol. The summed E-state index contributed by atoms with van der Waals surface area (Å²) >= 11 is 6.39. The molecule has 1 atom stereocenters. The van der Waals surface area contributed by atoms with E-state index in [2.05, 4.69) is 4.90 Å². The normalized spacial score (nSPS) is 19.9. The van der Waals surface area contributed by atoms with E-state index in [1.165, 1.54) is 0 Å². The minimum atomic E-state index is 0.0997. The predicted molar refractivity (Wildman–Crippen MR) is 78.6 cm³/mol. The summed E-state index contributed by atoms with van der Waals surface area (Å²) in [7, 11) is 3.19. The van der Waals surface area contributed by atoms with Gasteiger partial charge in [-0.05, 0) is 11.6 Å². The largest absolute Gasteiger partial charge is 0.493 e. The first-order valence-corrected chi connectivity index (χ1v) is 7.00. The number of rotatable bonds is 5. The van der Waals surface area contributed by atoms with Gasteiger partial charge in [-0.1, -0.05) is 17.7 Å². The zero-order valence-corrected chi connectivity index (χ0v) is 12.7. The third kappa shape index (κ3) is 3.35. The molecule has 1 saturated heterocycles. The fourth-order valence-electron chi connectivity index (χ4n) is 2.36. The van der Waals surface area contributed by atoms with E-state index in [4.69, 9.17) is 31.5 Å². The Bertz CT molecular complexity index is 456. The Balaban J connectivity index is 2.13. The number of nitrogens with two attached hydrogens (primary N) is 1. The van der Waals surface area contributed by atoms with Gasteiger partial charge in [0, 0.05) is 26.2 Å². The molecule has 0 spiro atoms. The van der Waals surface area contributed by atoms with Crippen LogP contribution in [0.3, 0.4) is 0 Å². The molecule has 1 aromatic rings. The van der Waals surface area contributed by atoms with E-state index < -0.39 is 0 Å². The van der Waals surface area contributed by atoms with Crippen molar-refractivity contribution in [1.29, 1.82) is 0 Å². The number of methoxy groups -OCH3 is 2. The van der Waals surface area contributed by atoms with Crippen molar-refractivity contribution in [2.24, 2.45) is 5.73 Å². The van der Waals surface area contributed by atoms with Crippen LogP contribution in [0.25, 0.3) is 0 Å². The summed E-state index contributed by atoms with van der Waals surface area (Å²) in [6, 6.07) is 3.84. The predicted octanol–water partition coefficient (Wildman–Crippen LogP) is 1.52. The molecule has 2 N–H and O–H groups in total. The molecule has 0 amide bonds. The molecule has 0 aromatic heterocycles. The topological polar surface area (TPSA) is 57.0 Å². The Hall–Kier alpha value is -1.01. The van der Waals surface area contributed by atoms with Gasteiger partial charge in [0.25, 0.3) is 0 Å². The lowest BCUT2D eigenvalue weighted by Crippen LogP contribution is -2.45. The molecular formula is C14H21ClN2O3. The molecule has 1 fully saturated rings. The molecule has 1 aliphatic rings. The Labute approximate surface area is 124 Å². The SMILES string of the molecule is COc1ccc(CN2CCOC(CN)C2)c(Cl)c1OC. The molecule has 20 heavy (non-hydrogen) atoms. The average Bonchev–Trinajstić information content (AvgIpc) is 2.49. The number of halogens is 1.